The number of nitrogens with one attached hydrogen (secondary N) is 1. The first-order valence-corrected chi connectivity index (χ1v) is 8.05. The van der Waals surface area contributed by atoms with Crippen LogP contribution < -0.4 is 15.8 Å². The van der Waals surface area contributed by atoms with Gasteiger partial charge in [0.1, 0.15) is 5.75 Å². The maximum atomic E-state index is 12.6. The van der Waals surface area contributed by atoms with Gasteiger partial charge in [-0.15, -0.1) is 0 Å². The number of nitrogens with zero attached hydrogens (tertiary/aromatic N) is 1. The van der Waals surface area contributed by atoms with Crippen molar-refractivity contribution in [1.29, 1.82) is 0 Å². The summed E-state index contributed by atoms with van der Waals surface area (Å²) in [5.41, 5.74) is 7.00. The summed E-state index contributed by atoms with van der Waals surface area (Å²) in [6.45, 7) is 8.89. The number of carbonyl (C=O) groups excluding carboxylic acids is 1. The van der Waals surface area contributed by atoms with Crippen molar-refractivity contribution in [1.82, 2.24) is 10.2 Å². The first-order valence-electron chi connectivity index (χ1n) is 8.05. The molecule has 0 aromatic heterocycles. The molecule has 1 aliphatic heterocycles. The van der Waals surface area contributed by atoms with E-state index in [1.807, 2.05) is 0 Å². The smallest absolute Gasteiger partial charge is 0.251 e. The van der Waals surface area contributed by atoms with Crippen molar-refractivity contribution in [3.05, 3.63) is 23.8 Å². The minimum atomic E-state index is -0.0792. The van der Waals surface area contributed by atoms with Crippen LogP contribution >= 0.6 is 0 Å². The number of ether oxygens (including phenoxy) is 1. The Labute approximate surface area is 139 Å². The summed E-state index contributed by atoms with van der Waals surface area (Å²) in [7, 11) is 3.71. The van der Waals surface area contributed by atoms with Gasteiger partial charge in [0, 0.05) is 22.7 Å². The van der Waals surface area contributed by atoms with Gasteiger partial charge in [-0.1, -0.05) is 0 Å². The molecule has 128 valence electrons. The van der Waals surface area contributed by atoms with Gasteiger partial charge < -0.3 is 15.8 Å². The zero-order chi connectivity index (χ0) is 17.4. The molecule has 0 aliphatic carbocycles. The number of amides is 1. The van der Waals surface area contributed by atoms with E-state index in [4.69, 9.17) is 10.5 Å². The van der Waals surface area contributed by atoms with E-state index in [-0.39, 0.29) is 23.0 Å². The van der Waals surface area contributed by atoms with Gasteiger partial charge in [-0.2, -0.15) is 0 Å². The van der Waals surface area contributed by atoms with E-state index in [2.05, 4.69) is 45.0 Å². The minimum Gasteiger partial charge on any atom is -0.495 e. The molecule has 1 aromatic carbocycles. The molecule has 0 radical (unpaired) electrons. The van der Waals surface area contributed by atoms with Crippen molar-refractivity contribution in [2.75, 3.05) is 19.9 Å². The summed E-state index contributed by atoms with van der Waals surface area (Å²) in [6, 6.07) is 5.28. The molecule has 23 heavy (non-hydrogen) atoms. The average Bonchev–Trinajstić information content (AvgIpc) is 2.44. The number of nitrogen functional groups attached to an aromatic ring is 1. The lowest BCUT2D eigenvalue weighted by Gasteiger charge is -2.53. The van der Waals surface area contributed by atoms with Crippen LogP contribution in [0.25, 0.3) is 0 Å². The van der Waals surface area contributed by atoms with Crippen LogP contribution in [-0.4, -0.2) is 42.1 Å². The van der Waals surface area contributed by atoms with Crippen LogP contribution in [0.5, 0.6) is 5.75 Å². The average molecular weight is 319 g/mol. The van der Waals surface area contributed by atoms with Gasteiger partial charge in [-0.3, -0.25) is 9.69 Å². The summed E-state index contributed by atoms with van der Waals surface area (Å²) < 4.78 is 5.19. The van der Waals surface area contributed by atoms with Gasteiger partial charge in [-0.05, 0) is 65.8 Å². The highest BCUT2D eigenvalue weighted by atomic mass is 16.5. The molecule has 1 aliphatic rings. The maximum absolute atomic E-state index is 12.6. The SMILES string of the molecule is COc1cc(C(=O)NC2CC(C)(C)N(C)C(C)(C)C2)ccc1N. The highest BCUT2D eigenvalue weighted by Gasteiger charge is 2.43. The molecule has 1 heterocycles. The van der Waals surface area contributed by atoms with Gasteiger partial charge in [0.05, 0.1) is 12.8 Å². The van der Waals surface area contributed by atoms with Gasteiger partial charge in [0.15, 0.2) is 0 Å². The van der Waals surface area contributed by atoms with E-state index in [0.29, 0.717) is 17.0 Å². The van der Waals surface area contributed by atoms with Gasteiger partial charge in [0.2, 0.25) is 0 Å². The van der Waals surface area contributed by atoms with E-state index >= 15 is 0 Å². The lowest BCUT2D eigenvalue weighted by atomic mass is 9.77. The van der Waals surface area contributed by atoms with Crippen LogP contribution in [-0.2, 0) is 0 Å². The summed E-state index contributed by atoms with van der Waals surface area (Å²) >= 11 is 0. The second-order valence-electron chi connectivity index (χ2n) is 7.72. The molecule has 0 spiro atoms. The molecule has 1 amide bonds. The third-order valence-electron chi connectivity index (χ3n) is 5.14. The summed E-state index contributed by atoms with van der Waals surface area (Å²) in [6.07, 6.45) is 1.84. The first-order chi connectivity index (χ1) is 10.6. The number of hydrogen-bond acceptors (Lipinski definition) is 4. The molecule has 5 heteroatoms. The number of carbonyl (C=O) groups is 1. The third kappa shape index (κ3) is 3.61. The van der Waals surface area contributed by atoms with Crippen LogP contribution in [0, 0.1) is 0 Å². The molecule has 1 saturated heterocycles. The first kappa shape index (κ1) is 17.6. The molecule has 3 N–H and O–H groups in total. The third-order valence-corrected chi connectivity index (χ3v) is 5.14. The lowest BCUT2D eigenvalue weighted by Crippen LogP contribution is -2.62. The number of piperidine rings is 1. The van der Waals surface area contributed by atoms with E-state index in [0.717, 1.165) is 12.8 Å². The molecule has 0 saturated carbocycles. The van der Waals surface area contributed by atoms with Crippen LogP contribution in [0.1, 0.15) is 50.9 Å². The van der Waals surface area contributed by atoms with Crippen LogP contribution in [0.2, 0.25) is 0 Å². The fourth-order valence-electron chi connectivity index (χ4n) is 3.59. The number of benzene rings is 1. The van der Waals surface area contributed by atoms with Crippen LogP contribution in [0.4, 0.5) is 5.69 Å². The zero-order valence-corrected chi connectivity index (χ0v) is 15.1. The molecule has 1 fully saturated rings. The highest BCUT2D eigenvalue weighted by Crippen LogP contribution is 2.37. The van der Waals surface area contributed by atoms with Crippen LogP contribution in [0.15, 0.2) is 18.2 Å². The number of rotatable bonds is 3. The quantitative estimate of drug-likeness (QED) is 0.841. The molecule has 0 atom stereocenters. The van der Waals surface area contributed by atoms with Gasteiger partial charge in [0.25, 0.3) is 5.91 Å². The Morgan fingerprint density at radius 1 is 1.26 bits per heavy atom. The Hall–Kier alpha value is -1.75. The van der Waals surface area contributed by atoms with Crippen molar-refractivity contribution in [3.8, 4) is 5.75 Å². The molecule has 2 rings (SSSR count). The van der Waals surface area contributed by atoms with E-state index < -0.39 is 0 Å². The van der Waals surface area contributed by atoms with Crippen molar-refractivity contribution >= 4 is 11.6 Å². The number of hydrogen-bond donors (Lipinski definition) is 2. The predicted octanol–water partition coefficient (Wildman–Crippen LogP) is 2.66. The predicted molar refractivity (Wildman–Crippen MR) is 93.8 cm³/mol. The monoisotopic (exact) mass is 319 g/mol. The lowest BCUT2D eigenvalue weighted by molar-refractivity contribution is -0.0169. The summed E-state index contributed by atoms with van der Waals surface area (Å²) in [5, 5.41) is 3.18. The molecule has 0 bridgehead atoms. The van der Waals surface area contributed by atoms with E-state index in [1.54, 1.807) is 25.3 Å². The van der Waals surface area contributed by atoms with Crippen molar-refractivity contribution < 1.29 is 9.53 Å². The number of nitrogens with two attached hydrogens (primary N) is 1. The van der Waals surface area contributed by atoms with E-state index in [9.17, 15) is 4.79 Å². The second-order valence-corrected chi connectivity index (χ2v) is 7.72. The summed E-state index contributed by atoms with van der Waals surface area (Å²) in [5.74, 6) is 0.450. The zero-order valence-electron chi connectivity index (χ0n) is 15.1. The summed E-state index contributed by atoms with van der Waals surface area (Å²) in [4.78, 5) is 15.0. The fraction of sp³-hybridized carbons (Fsp3) is 0.611. The Kier molecular flexibility index (Phi) is 4.62. The minimum absolute atomic E-state index is 0.0402. The van der Waals surface area contributed by atoms with Crippen molar-refractivity contribution in [2.24, 2.45) is 0 Å². The fourth-order valence-corrected chi connectivity index (χ4v) is 3.59. The molecule has 1 aromatic rings. The molecule has 0 unspecified atom stereocenters. The highest BCUT2D eigenvalue weighted by molar-refractivity contribution is 5.95. The van der Waals surface area contributed by atoms with Gasteiger partial charge in [-0.25, -0.2) is 0 Å². The van der Waals surface area contributed by atoms with Crippen molar-refractivity contribution in [3.63, 3.8) is 0 Å². The number of likely N-dealkylation sites (tertiary alicyclic amines) is 1. The number of methoxy groups -OCH3 is 1. The number of anilines is 1. The Morgan fingerprint density at radius 2 is 1.83 bits per heavy atom. The maximum Gasteiger partial charge on any atom is 0.251 e. The largest absolute Gasteiger partial charge is 0.495 e. The standard InChI is InChI=1S/C18H29N3O2/c1-17(2)10-13(11-18(3,4)21(17)5)20-16(22)12-7-8-14(19)15(9-12)23-6/h7-9,13H,10-11,19H2,1-6H3,(H,20,22). The van der Waals surface area contributed by atoms with E-state index in [1.165, 1.54) is 0 Å². The van der Waals surface area contributed by atoms with Crippen molar-refractivity contribution in [2.45, 2.75) is 57.7 Å². The second kappa shape index (κ2) is 6.04. The Morgan fingerprint density at radius 3 is 2.35 bits per heavy atom. The normalized spacial score (nSPS) is 21.0. The molecular weight excluding hydrogens is 290 g/mol. The van der Waals surface area contributed by atoms with Gasteiger partial charge >= 0.3 is 0 Å². The van der Waals surface area contributed by atoms with Crippen LogP contribution in [0.3, 0.4) is 0 Å². The Bertz CT molecular complexity index is 578. The molecule has 5 nitrogen and oxygen atoms in total. The Balaban J connectivity index is 2.14. The topological polar surface area (TPSA) is 67.6 Å². The molecular formula is C18H29N3O2.